The van der Waals surface area contributed by atoms with Crippen LogP contribution in [-0.4, -0.2) is 16.2 Å². The molecular weight excluding hydrogens is 282 g/mol. The Kier molecular flexibility index (Phi) is 3.84. The van der Waals surface area contributed by atoms with Crippen LogP contribution in [0.25, 0.3) is 10.9 Å². The number of hydrogen-bond donors (Lipinski definition) is 0. The van der Waals surface area contributed by atoms with Crippen LogP contribution in [0.4, 0.5) is 5.69 Å². The largest absolute Gasteiger partial charge is 0.280 e. The predicted octanol–water partition coefficient (Wildman–Crippen LogP) is 4.68. The van der Waals surface area contributed by atoms with Crippen LogP contribution in [0.2, 0.25) is 5.02 Å². The smallest absolute Gasteiger partial charge is 0.0841 e. The first-order valence-corrected chi connectivity index (χ1v) is 7.54. The number of hydrogen-bond acceptors (Lipinski definition) is 2. The summed E-state index contributed by atoms with van der Waals surface area (Å²) >= 11 is 6.35. The summed E-state index contributed by atoms with van der Waals surface area (Å²) in [5, 5.41) is 4.14. The van der Waals surface area contributed by atoms with Crippen LogP contribution in [-0.2, 0) is 0 Å². The summed E-state index contributed by atoms with van der Waals surface area (Å²) in [6.45, 7) is 5.19. The second kappa shape index (κ2) is 5.78. The van der Waals surface area contributed by atoms with Crippen LogP contribution < -0.4 is 5.01 Å². The molecular formula is C17H18ClN3. The van der Waals surface area contributed by atoms with Crippen molar-refractivity contribution < 1.29 is 0 Å². The zero-order valence-corrected chi connectivity index (χ0v) is 13.0. The zero-order valence-electron chi connectivity index (χ0n) is 12.3. The molecule has 2 aromatic heterocycles. The SMILES string of the molecule is CCCN(c1ccncc1Cl)n1cc(C)c2ccccc21. The molecule has 0 saturated heterocycles. The molecule has 2 heterocycles. The van der Waals surface area contributed by atoms with E-state index in [2.05, 4.69) is 59.0 Å². The van der Waals surface area contributed by atoms with Gasteiger partial charge in [-0.15, -0.1) is 0 Å². The summed E-state index contributed by atoms with van der Waals surface area (Å²) < 4.78 is 2.19. The number of aromatic nitrogens is 2. The van der Waals surface area contributed by atoms with E-state index in [9.17, 15) is 0 Å². The normalized spacial score (nSPS) is 11.0. The van der Waals surface area contributed by atoms with Gasteiger partial charge in [0.1, 0.15) is 0 Å². The molecule has 0 aliphatic carbocycles. The summed E-state index contributed by atoms with van der Waals surface area (Å²) in [7, 11) is 0. The number of anilines is 1. The zero-order chi connectivity index (χ0) is 14.8. The fourth-order valence-electron chi connectivity index (χ4n) is 2.66. The summed E-state index contributed by atoms with van der Waals surface area (Å²) in [5.41, 5.74) is 3.43. The third-order valence-corrected chi connectivity index (χ3v) is 3.91. The molecule has 0 atom stereocenters. The third-order valence-electron chi connectivity index (χ3n) is 3.62. The highest BCUT2D eigenvalue weighted by Crippen LogP contribution is 2.29. The maximum atomic E-state index is 6.35. The van der Waals surface area contributed by atoms with Crippen molar-refractivity contribution in [2.45, 2.75) is 20.3 Å². The quantitative estimate of drug-likeness (QED) is 0.697. The lowest BCUT2D eigenvalue weighted by Gasteiger charge is -2.27. The summed E-state index contributed by atoms with van der Waals surface area (Å²) in [5.74, 6) is 0. The van der Waals surface area contributed by atoms with Gasteiger partial charge in [-0.25, -0.2) is 0 Å². The van der Waals surface area contributed by atoms with Crippen molar-refractivity contribution in [1.29, 1.82) is 0 Å². The van der Waals surface area contributed by atoms with Gasteiger partial charge in [-0.05, 0) is 31.0 Å². The van der Waals surface area contributed by atoms with Crippen molar-refractivity contribution in [3.8, 4) is 0 Å². The second-order valence-electron chi connectivity index (χ2n) is 5.12. The van der Waals surface area contributed by atoms with Crippen molar-refractivity contribution in [2.24, 2.45) is 0 Å². The molecule has 1 aromatic carbocycles. The summed E-state index contributed by atoms with van der Waals surface area (Å²) in [4.78, 5) is 4.08. The van der Waals surface area contributed by atoms with Crippen molar-refractivity contribution >= 4 is 28.2 Å². The lowest BCUT2D eigenvalue weighted by atomic mass is 10.2. The average molecular weight is 300 g/mol. The Morgan fingerprint density at radius 2 is 2.05 bits per heavy atom. The van der Waals surface area contributed by atoms with E-state index in [1.165, 1.54) is 16.5 Å². The summed E-state index contributed by atoms with van der Waals surface area (Å²) in [6, 6.07) is 10.4. The third kappa shape index (κ3) is 2.49. The maximum absolute atomic E-state index is 6.35. The monoisotopic (exact) mass is 299 g/mol. The maximum Gasteiger partial charge on any atom is 0.0841 e. The standard InChI is InChI=1S/C17H18ClN3/c1-3-10-20(17-8-9-19-11-15(17)18)21-12-13(2)14-6-4-5-7-16(14)21/h4-9,11-12H,3,10H2,1-2H3. The molecule has 0 aliphatic rings. The molecule has 108 valence electrons. The number of para-hydroxylation sites is 1. The lowest BCUT2D eigenvalue weighted by Crippen LogP contribution is -2.29. The van der Waals surface area contributed by atoms with Gasteiger partial charge < -0.3 is 0 Å². The van der Waals surface area contributed by atoms with Gasteiger partial charge in [-0.3, -0.25) is 14.7 Å². The molecule has 0 aliphatic heterocycles. The van der Waals surface area contributed by atoms with E-state index >= 15 is 0 Å². The fourth-order valence-corrected chi connectivity index (χ4v) is 2.88. The van der Waals surface area contributed by atoms with E-state index < -0.39 is 0 Å². The summed E-state index contributed by atoms with van der Waals surface area (Å²) in [6.07, 6.45) is 6.67. The van der Waals surface area contributed by atoms with Gasteiger partial charge in [0.25, 0.3) is 0 Å². The average Bonchev–Trinajstić information content (AvgIpc) is 2.83. The van der Waals surface area contributed by atoms with Crippen LogP contribution >= 0.6 is 11.6 Å². The second-order valence-corrected chi connectivity index (χ2v) is 5.53. The number of aryl methyl sites for hydroxylation is 1. The lowest BCUT2D eigenvalue weighted by molar-refractivity contribution is 0.695. The minimum atomic E-state index is 0.668. The predicted molar refractivity (Wildman–Crippen MR) is 89.0 cm³/mol. The Morgan fingerprint density at radius 1 is 1.24 bits per heavy atom. The highest BCUT2D eigenvalue weighted by molar-refractivity contribution is 6.33. The van der Waals surface area contributed by atoms with Crippen LogP contribution in [0.3, 0.4) is 0 Å². The van der Waals surface area contributed by atoms with E-state index in [0.717, 1.165) is 18.7 Å². The van der Waals surface area contributed by atoms with Crippen molar-refractivity contribution in [3.63, 3.8) is 0 Å². The van der Waals surface area contributed by atoms with Crippen LogP contribution in [0.5, 0.6) is 0 Å². The van der Waals surface area contributed by atoms with Gasteiger partial charge in [-0.1, -0.05) is 36.7 Å². The number of halogens is 1. The first-order valence-electron chi connectivity index (χ1n) is 7.16. The van der Waals surface area contributed by atoms with E-state index in [-0.39, 0.29) is 0 Å². The van der Waals surface area contributed by atoms with Crippen LogP contribution in [0.1, 0.15) is 18.9 Å². The van der Waals surface area contributed by atoms with E-state index in [1.807, 2.05) is 6.07 Å². The highest BCUT2D eigenvalue weighted by atomic mass is 35.5. The molecule has 0 bridgehead atoms. The Morgan fingerprint density at radius 3 is 2.81 bits per heavy atom. The molecule has 4 heteroatoms. The molecule has 0 spiro atoms. The van der Waals surface area contributed by atoms with Gasteiger partial charge in [0.05, 0.1) is 16.2 Å². The number of rotatable bonds is 4. The molecule has 21 heavy (non-hydrogen) atoms. The number of nitrogens with zero attached hydrogens (tertiary/aromatic N) is 3. The topological polar surface area (TPSA) is 21.1 Å². The van der Waals surface area contributed by atoms with Gasteiger partial charge in [0.15, 0.2) is 0 Å². The van der Waals surface area contributed by atoms with Crippen molar-refractivity contribution in [1.82, 2.24) is 9.66 Å². The fraction of sp³-hybridized carbons (Fsp3) is 0.235. The van der Waals surface area contributed by atoms with Gasteiger partial charge >= 0.3 is 0 Å². The highest BCUT2D eigenvalue weighted by Gasteiger charge is 2.15. The van der Waals surface area contributed by atoms with Gasteiger partial charge in [0, 0.05) is 30.5 Å². The van der Waals surface area contributed by atoms with Crippen LogP contribution in [0.15, 0.2) is 48.9 Å². The van der Waals surface area contributed by atoms with E-state index in [4.69, 9.17) is 11.6 Å². The minimum Gasteiger partial charge on any atom is -0.280 e. The molecule has 3 aromatic rings. The molecule has 0 fully saturated rings. The Balaban J connectivity index is 2.19. The van der Waals surface area contributed by atoms with Crippen molar-refractivity contribution in [2.75, 3.05) is 11.6 Å². The number of benzene rings is 1. The number of fused-ring (bicyclic) bond motifs is 1. The first-order chi connectivity index (χ1) is 10.2. The van der Waals surface area contributed by atoms with E-state index in [0.29, 0.717) is 5.02 Å². The van der Waals surface area contributed by atoms with E-state index in [1.54, 1.807) is 12.4 Å². The number of pyridine rings is 1. The minimum absolute atomic E-state index is 0.668. The molecule has 3 nitrogen and oxygen atoms in total. The molecule has 0 unspecified atom stereocenters. The van der Waals surface area contributed by atoms with Gasteiger partial charge in [-0.2, -0.15) is 0 Å². The van der Waals surface area contributed by atoms with Gasteiger partial charge in [0.2, 0.25) is 0 Å². The Labute approximate surface area is 129 Å². The molecule has 3 rings (SSSR count). The van der Waals surface area contributed by atoms with Crippen LogP contribution in [0, 0.1) is 6.92 Å². The van der Waals surface area contributed by atoms with Crippen molar-refractivity contribution in [3.05, 3.63) is 59.5 Å². The molecule has 0 amide bonds. The Hall–Kier alpha value is -2.00. The Bertz CT molecular complexity index is 764. The molecule has 0 N–H and O–H groups in total. The molecule has 0 radical (unpaired) electrons. The first kappa shape index (κ1) is 14.0. The molecule has 0 saturated carbocycles.